The summed E-state index contributed by atoms with van der Waals surface area (Å²) in [6.07, 6.45) is 2.91. The SMILES string of the molecule is CC(NCC(O)c1ccccc1Cl)c1nc2c(s1)CCC2. The van der Waals surface area contributed by atoms with Gasteiger partial charge in [0.2, 0.25) is 0 Å². The van der Waals surface area contributed by atoms with Gasteiger partial charge < -0.3 is 10.4 Å². The Bertz CT molecular complexity index is 607. The molecule has 0 amide bonds. The van der Waals surface area contributed by atoms with Crippen molar-refractivity contribution in [3.8, 4) is 0 Å². The maximum Gasteiger partial charge on any atom is 0.110 e. The van der Waals surface area contributed by atoms with Crippen molar-refractivity contribution in [2.24, 2.45) is 0 Å². The van der Waals surface area contributed by atoms with Crippen molar-refractivity contribution < 1.29 is 5.11 Å². The molecule has 2 aromatic rings. The standard InChI is InChI=1S/C16H19ClN2OS/c1-10(16-19-13-7-4-8-15(13)21-16)18-9-14(20)11-5-2-3-6-12(11)17/h2-3,5-6,10,14,18,20H,4,7-9H2,1H3. The highest BCUT2D eigenvalue weighted by atomic mass is 35.5. The van der Waals surface area contributed by atoms with E-state index in [-0.39, 0.29) is 6.04 Å². The van der Waals surface area contributed by atoms with Crippen molar-refractivity contribution in [2.45, 2.75) is 38.3 Å². The molecule has 1 aliphatic rings. The Morgan fingerprint density at radius 1 is 1.38 bits per heavy atom. The van der Waals surface area contributed by atoms with Crippen molar-refractivity contribution in [1.82, 2.24) is 10.3 Å². The largest absolute Gasteiger partial charge is 0.387 e. The number of hydrogen-bond donors (Lipinski definition) is 2. The molecule has 1 aliphatic carbocycles. The number of benzene rings is 1. The highest BCUT2D eigenvalue weighted by molar-refractivity contribution is 7.11. The summed E-state index contributed by atoms with van der Waals surface area (Å²) in [6.45, 7) is 2.56. The highest BCUT2D eigenvalue weighted by Gasteiger charge is 2.20. The van der Waals surface area contributed by atoms with Crippen LogP contribution in [0, 0.1) is 0 Å². The third-order valence-electron chi connectivity index (χ3n) is 3.86. The summed E-state index contributed by atoms with van der Waals surface area (Å²) in [4.78, 5) is 6.14. The summed E-state index contributed by atoms with van der Waals surface area (Å²) in [5.41, 5.74) is 2.04. The number of fused-ring (bicyclic) bond motifs is 1. The molecule has 0 bridgehead atoms. The van der Waals surface area contributed by atoms with Crippen LogP contribution in [0.3, 0.4) is 0 Å². The molecule has 0 spiro atoms. The van der Waals surface area contributed by atoms with Crippen LogP contribution < -0.4 is 5.32 Å². The zero-order valence-electron chi connectivity index (χ0n) is 12.0. The van der Waals surface area contributed by atoms with E-state index >= 15 is 0 Å². The Hall–Kier alpha value is -0.940. The molecule has 2 unspecified atom stereocenters. The first kappa shape index (κ1) is 15.0. The Balaban J connectivity index is 1.60. The van der Waals surface area contributed by atoms with Crippen LogP contribution in [0.4, 0.5) is 0 Å². The Morgan fingerprint density at radius 2 is 2.19 bits per heavy atom. The molecule has 21 heavy (non-hydrogen) atoms. The fourth-order valence-electron chi connectivity index (χ4n) is 2.63. The number of halogens is 1. The van der Waals surface area contributed by atoms with Crippen LogP contribution >= 0.6 is 22.9 Å². The molecular weight excluding hydrogens is 304 g/mol. The third kappa shape index (κ3) is 3.29. The minimum Gasteiger partial charge on any atom is -0.387 e. The van der Waals surface area contributed by atoms with E-state index in [1.165, 1.54) is 23.4 Å². The second-order valence-electron chi connectivity index (χ2n) is 5.44. The Labute approximate surface area is 134 Å². The van der Waals surface area contributed by atoms with Gasteiger partial charge in [-0.15, -0.1) is 11.3 Å². The molecule has 2 atom stereocenters. The van der Waals surface area contributed by atoms with E-state index < -0.39 is 6.10 Å². The predicted octanol–water partition coefficient (Wildman–Crippen LogP) is 3.67. The van der Waals surface area contributed by atoms with Gasteiger partial charge >= 0.3 is 0 Å². The number of aliphatic hydroxyl groups excluding tert-OH is 1. The van der Waals surface area contributed by atoms with E-state index in [4.69, 9.17) is 16.6 Å². The summed E-state index contributed by atoms with van der Waals surface area (Å²) in [5, 5.41) is 15.3. The smallest absolute Gasteiger partial charge is 0.110 e. The molecule has 0 radical (unpaired) electrons. The summed E-state index contributed by atoms with van der Waals surface area (Å²) >= 11 is 7.90. The number of aryl methyl sites for hydroxylation is 2. The molecule has 0 saturated heterocycles. The van der Waals surface area contributed by atoms with Gasteiger partial charge in [-0.1, -0.05) is 29.8 Å². The van der Waals surface area contributed by atoms with Crippen molar-refractivity contribution in [2.75, 3.05) is 6.54 Å². The zero-order valence-corrected chi connectivity index (χ0v) is 13.5. The number of thiazole rings is 1. The van der Waals surface area contributed by atoms with E-state index in [2.05, 4.69) is 12.2 Å². The average molecular weight is 323 g/mol. The van der Waals surface area contributed by atoms with Gasteiger partial charge in [-0.25, -0.2) is 4.98 Å². The van der Waals surface area contributed by atoms with Gasteiger partial charge in [0, 0.05) is 22.0 Å². The average Bonchev–Trinajstić information content (AvgIpc) is 3.06. The van der Waals surface area contributed by atoms with Crippen LogP contribution in [-0.4, -0.2) is 16.6 Å². The van der Waals surface area contributed by atoms with Gasteiger partial charge in [-0.2, -0.15) is 0 Å². The third-order valence-corrected chi connectivity index (χ3v) is 5.55. The molecule has 3 rings (SSSR count). The van der Waals surface area contributed by atoms with Gasteiger partial charge in [0.25, 0.3) is 0 Å². The quantitative estimate of drug-likeness (QED) is 0.883. The van der Waals surface area contributed by atoms with Crippen molar-refractivity contribution in [3.63, 3.8) is 0 Å². The minimum atomic E-state index is -0.604. The second kappa shape index (κ2) is 6.44. The van der Waals surface area contributed by atoms with Crippen LogP contribution in [0.1, 0.15) is 46.6 Å². The van der Waals surface area contributed by atoms with E-state index in [1.54, 1.807) is 17.4 Å². The summed E-state index contributed by atoms with van der Waals surface area (Å²) < 4.78 is 0. The van der Waals surface area contributed by atoms with Gasteiger partial charge in [-0.3, -0.25) is 0 Å². The van der Waals surface area contributed by atoms with E-state index in [9.17, 15) is 5.11 Å². The lowest BCUT2D eigenvalue weighted by molar-refractivity contribution is 0.171. The molecule has 112 valence electrons. The molecule has 1 aromatic heterocycles. The predicted molar refractivity (Wildman–Crippen MR) is 87.0 cm³/mol. The maximum atomic E-state index is 10.3. The first-order valence-corrected chi connectivity index (χ1v) is 8.49. The normalized spacial score (nSPS) is 16.7. The molecular formula is C16H19ClN2OS. The van der Waals surface area contributed by atoms with Crippen LogP contribution in [-0.2, 0) is 12.8 Å². The van der Waals surface area contributed by atoms with E-state index in [0.29, 0.717) is 11.6 Å². The number of nitrogens with zero attached hydrogens (tertiary/aromatic N) is 1. The van der Waals surface area contributed by atoms with Crippen LogP contribution in [0.15, 0.2) is 24.3 Å². The Kier molecular flexibility index (Phi) is 4.60. The van der Waals surface area contributed by atoms with Crippen LogP contribution in [0.5, 0.6) is 0 Å². The fraction of sp³-hybridized carbons (Fsp3) is 0.438. The number of aromatic nitrogens is 1. The first-order chi connectivity index (χ1) is 10.1. The maximum absolute atomic E-state index is 10.3. The molecule has 5 heteroatoms. The fourth-order valence-corrected chi connectivity index (χ4v) is 4.07. The highest BCUT2D eigenvalue weighted by Crippen LogP contribution is 2.30. The monoisotopic (exact) mass is 322 g/mol. The molecule has 3 nitrogen and oxygen atoms in total. The van der Waals surface area contributed by atoms with E-state index in [0.717, 1.165) is 17.0 Å². The second-order valence-corrected chi connectivity index (χ2v) is 6.97. The lowest BCUT2D eigenvalue weighted by atomic mass is 10.1. The van der Waals surface area contributed by atoms with Crippen molar-refractivity contribution in [1.29, 1.82) is 0 Å². The number of nitrogens with one attached hydrogen (secondary N) is 1. The van der Waals surface area contributed by atoms with Gasteiger partial charge in [0.1, 0.15) is 5.01 Å². The molecule has 0 saturated carbocycles. The zero-order chi connectivity index (χ0) is 14.8. The molecule has 2 N–H and O–H groups in total. The summed E-state index contributed by atoms with van der Waals surface area (Å²) in [7, 11) is 0. The van der Waals surface area contributed by atoms with Gasteiger partial charge in [0.05, 0.1) is 17.8 Å². The molecule has 1 heterocycles. The molecule has 1 aromatic carbocycles. The van der Waals surface area contributed by atoms with Crippen LogP contribution in [0.25, 0.3) is 0 Å². The van der Waals surface area contributed by atoms with Crippen molar-refractivity contribution >= 4 is 22.9 Å². The van der Waals surface area contributed by atoms with Gasteiger partial charge in [-0.05, 0) is 32.3 Å². The minimum absolute atomic E-state index is 0.151. The first-order valence-electron chi connectivity index (χ1n) is 7.29. The van der Waals surface area contributed by atoms with Crippen molar-refractivity contribution in [3.05, 3.63) is 50.4 Å². The Morgan fingerprint density at radius 3 is 2.95 bits per heavy atom. The van der Waals surface area contributed by atoms with Crippen LogP contribution in [0.2, 0.25) is 5.02 Å². The lowest BCUT2D eigenvalue weighted by Gasteiger charge is -2.16. The number of hydrogen-bond acceptors (Lipinski definition) is 4. The molecule has 0 fully saturated rings. The molecule has 0 aliphatic heterocycles. The lowest BCUT2D eigenvalue weighted by Crippen LogP contribution is -2.24. The van der Waals surface area contributed by atoms with Gasteiger partial charge in [0.15, 0.2) is 0 Å². The topological polar surface area (TPSA) is 45.1 Å². The number of aliphatic hydroxyl groups is 1. The summed E-state index contributed by atoms with van der Waals surface area (Å²) in [5.74, 6) is 0. The number of rotatable bonds is 5. The van der Waals surface area contributed by atoms with E-state index in [1.807, 2.05) is 18.2 Å². The summed E-state index contributed by atoms with van der Waals surface area (Å²) in [6, 6.07) is 7.56.